The number of anilines is 1. The van der Waals surface area contributed by atoms with Gasteiger partial charge < -0.3 is 16.2 Å². The van der Waals surface area contributed by atoms with E-state index in [1.54, 1.807) is 25.1 Å². The van der Waals surface area contributed by atoms with E-state index < -0.39 is 17.8 Å². The Kier molecular flexibility index (Phi) is 4.09. The average Bonchev–Trinajstić information content (AvgIpc) is 2.28. The molecule has 5 heteroatoms. The normalized spacial score (nSPS) is 11.9. The molecule has 0 aromatic heterocycles. The number of nitrogen functional groups attached to an aromatic ring is 1. The highest BCUT2D eigenvalue weighted by molar-refractivity contribution is 5.90. The molecule has 0 aliphatic rings. The van der Waals surface area contributed by atoms with Crippen molar-refractivity contribution in [1.29, 1.82) is 0 Å². The highest BCUT2D eigenvalue weighted by Crippen LogP contribution is 2.14. The van der Waals surface area contributed by atoms with Crippen molar-refractivity contribution in [1.82, 2.24) is 0 Å². The predicted molar refractivity (Wildman–Crippen MR) is 64.2 cm³/mol. The second kappa shape index (κ2) is 5.34. The zero-order valence-corrected chi connectivity index (χ0v) is 9.90. The third-order valence-corrected chi connectivity index (χ3v) is 2.47. The Labute approximate surface area is 99.7 Å². The maximum atomic E-state index is 11.6. The minimum absolute atomic E-state index is 0.0258. The topological polar surface area (TPSA) is 95.4 Å². The van der Waals surface area contributed by atoms with E-state index in [0.29, 0.717) is 11.3 Å². The van der Waals surface area contributed by atoms with Crippen molar-refractivity contribution in [2.75, 3.05) is 12.3 Å². The van der Waals surface area contributed by atoms with Gasteiger partial charge >= 0.3 is 5.97 Å². The molecule has 1 atom stereocenters. The summed E-state index contributed by atoms with van der Waals surface area (Å²) in [4.78, 5) is 22.4. The Bertz CT molecular complexity index is 443. The monoisotopic (exact) mass is 236 g/mol. The zero-order chi connectivity index (χ0) is 13.0. The number of ether oxygens (including phenoxy) is 1. The molecule has 92 valence electrons. The van der Waals surface area contributed by atoms with Crippen LogP contribution < -0.4 is 11.5 Å². The number of benzene rings is 1. The summed E-state index contributed by atoms with van der Waals surface area (Å²) >= 11 is 0. The average molecular weight is 236 g/mol. The standard InChI is InChI=1S/C12H16N2O3/c1-7-3-4-9(5-10(7)13)12(16)17-6-8(2)11(14)15/h3-5,8H,6,13H2,1-2H3,(H2,14,15). The van der Waals surface area contributed by atoms with Crippen molar-refractivity contribution < 1.29 is 14.3 Å². The first kappa shape index (κ1) is 13.0. The molecule has 1 aromatic carbocycles. The number of hydrogen-bond donors (Lipinski definition) is 2. The van der Waals surface area contributed by atoms with E-state index in [2.05, 4.69) is 0 Å². The molecule has 0 aliphatic heterocycles. The fourth-order valence-electron chi connectivity index (χ4n) is 1.13. The van der Waals surface area contributed by atoms with Crippen LogP contribution in [0.3, 0.4) is 0 Å². The van der Waals surface area contributed by atoms with Gasteiger partial charge in [0.25, 0.3) is 0 Å². The smallest absolute Gasteiger partial charge is 0.338 e. The Hall–Kier alpha value is -2.04. The van der Waals surface area contributed by atoms with Crippen LogP contribution in [-0.4, -0.2) is 18.5 Å². The maximum absolute atomic E-state index is 11.6. The van der Waals surface area contributed by atoms with E-state index in [9.17, 15) is 9.59 Å². The minimum Gasteiger partial charge on any atom is -0.461 e. The molecule has 1 amide bonds. The fraction of sp³-hybridized carbons (Fsp3) is 0.333. The highest BCUT2D eigenvalue weighted by Gasteiger charge is 2.13. The maximum Gasteiger partial charge on any atom is 0.338 e. The number of carbonyl (C=O) groups is 2. The zero-order valence-electron chi connectivity index (χ0n) is 9.90. The Morgan fingerprint density at radius 3 is 2.59 bits per heavy atom. The minimum atomic E-state index is -0.509. The van der Waals surface area contributed by atoms with E-state index in [1.807, 2.05) is 6.92 Å². The van der Waals surface area contributed by atoms with E-state index in [0.717, 1.165) is 5.56 Å². The van der Waals surface area contributed by atoms with Crippen molar-refractivity contribution in [3.8, 4) is 0 Å². The third-order valence-electron chi connectivity index (χ3n) is 2.47. The number of hydrogen-bond acceptors (Lipinski definition) is 4. The van der Waals surface area contributed by atoms with E-state index in [4.69, 9.17) is 16.2 Å². The van der Waals surface area contributed by atoms with Gasteiger partial charge in [-0.2, -0.15) is 0 Å². The number of nitrogens with two attached hydrogens (primary N) is 2. The Morgan fingerprint density at radius 2 is 2.06 bits per heavy atom. The third kappa shape index (κ3) is 3.48. The van der Waals surface area contributed by atoms with Crippen LogP contribution in [0.2, 0.25) is 0 Å². The van der Waals surface area contributed by atoms with E-state index >= 15 is 0 Å². The predicted octanol–water partition coefficient (Wildman–Crippen LogP) is 0.855. The summed E-state index contributed by atoms with van der Waals surface area (Å²) in [7, 11) is 0. The van der Waals surface area contributed by atoms with Crippen LogP contribution in [0.4, 0.5) is 5.69 Å². The van der Waals surface area contributed by atoms with Gasteiger partial charge in [-0.1, -0.05) is 13.0 Å². The number of rotatable bonds is 4. The van der Waals surface area contributed by atoms with Gasteiger partial charge in [-0.3, -0.25) is 4.79 Å². The number of primary amides is 1. The molecule has 5 nitrogen and oxygen atoms in total. The van der Waals surface area contributed by atoms with Crippen LogP contribution in [0.5, 0.6) is 0 Å². The molecular formula is C12H16N2O3. The number of amides is 1. The molecule has 4 N–H and O–H groups in total. The van der Waals surface area contributed by atoms with E-state index in [1.165, 1.54) is 0 Å². The molecule has 0 bridgehead atoms. The van der Waals surface area contributed by atoms with Crippen molar-refractivity contribution >= 4 is 17.6 Å². The molecule has 0 aliphatic carbocycles. The van der Waals surface area contributed by atoms with Crippen LogP contribution in [0.15, 0.2) is 18.2 Å². The van der Waals surface area contributed by atoms with Crippen molar-refractivity contribution in [3.05, 3.63) is 29.3 Å². The summed E-state index contributed by atoms with van der Waals surface area (Å²) in [6.45, 7) is 3.42. The molecule has 0 spiro atoms. The summed E-state index contributed by atoms with van der Waals surface area (Å²) in [6.07, 6.45) is 0. The molecular weight excluding hydrogens is 220 g/mol. The van der Waals surface area contributed by atoms with Gasteiger partial charge in [0, 0.05) is 5.69 Å². The van der Waals surface area contributed by atoms with Gasteiger partial charge in [0.2, 0.25) is 5.91 Å². The lowest BCUT2D eigenvalue weighted by molar-refractivity contribution is -0.122. The summed E-state index contributed by atoms with van der Waals surface area (Å²) < 4.78 is 4.95. The lowest BCUT2D eigenvalue weighted by atomic mass is 10.1. The van der Waals surface area contributed by atoms with Crippen LogP contribution in [0.25, 0.3) is 0 Å². The van der Waals surface area contributed by atoms with Gasteiger partial charge in [0.1, 0.15) is 6.61 Å². The number of aryl methyl sites for hydroxylation is 1. The van der Waals surface area contributed by atoms with Crippen LogP contribution in [-0.2, 0) is 9.53 Å². The fourth-order valence-corrected chi connectivity index (χ4v) is 1.13. The van der Waals surface area contributed by atoms with Crippen LogP contribution >= 0.6 is 0 Å². The molecule has 1 rings (SSSR count). The van der Waals surface area contributed by atoms with Crippen LogP contribution in [0, 0.1) is 12.8 Å². The van der Waals surface area contributed by atoms with Gasteiger partial charge in [0.15, 0.2) is 0 Å². The first-order chi connectivity index (χ1) is 7.91. The molecule has 17 heavy (non-hydrogen) atoms. The molecule has 0 fully saturated rings. The molecule has 0 saturated carbocycles. The largest absolute Gasteiger partial charge is 0.461 e. The van der Waals surface area contributed by atoms with Gasteiger partial charge in [-0.05, 0) is 24.6 Å². The van der Waals surface area contributed by atoms with Gasteiger partial charge in [0.05, 0.1) is 11.5 Å². The van der Waals surface area contributed by atoms with Crippen molar-refractivity contribution in [3.63, 3.8) is 0 Å². The number of esters is 1. The van der Waals surface area contributed by atoms with E-state index in [-0.39, 0.29) is 6.61 Å². The second-order valence-corrected chi connectivity index (χ2v) is 3.97. The number of carbonyl (C=O) groups excluding carboxylic acids is 2. The molecule has 1 aromatic rings. The lowest BCUT2D eigenvalue weighted by Crippen LogP contribution is -2.25. The van der Waals surface area contributed by atoms with Gasteiger partial charge in [-0.15, -0.1) is 0 Å². The molecule has 1 unspecified atom stereocenters. The molecule has 0 heterocycles. The first-order valence-electron chi connectivity index (χ1n) is 5.24. The molecule has 0 radical (unpaired) electrons. The quantitative estimate of drug-likeness (QED) is 0.598. The first-order valence-corrected chi connectivity index (χ1v) is 5.24. The lowest BCUT2D eigenvalue weighted by Gasteiger charge is -2.09. The van der Waals surface area contributed by atoms with Gasteiger partial charge in [-0.25, -0.2) is 4.79 Å². The Balaban J connectivity index is 2.64. The SMILES string of the molecule is Cc1ccc(C(=O)OCC(C)C(N)=O)cc1N. The summed E-state index contributed by atoms with van der Waals surface area (Å²) in [5.74, 6) is -1.51. The highest BCUT2D eigenvalue weighted by atomic mass is 16.5. The summed E-state index contributed by atoms with van der Waals surface area (Å²) in [5.41, 5.74) is 12.5. The summed E-state index contributed by atoms with van der Waals surface area (Å²) in [5, 5.41) is 0. The summed E-state index contributed by atoms with van der Waals surface area (Å²) in [6, 6.07) is 4.92. The van der Waals surface area contributed by atoms with Crippen LogP contribution in [0.1, 0.15) is 22.8 Å². The van der Waals surface area contributed by atoms with Crippen molar-refractivity contribution in [2.24, 2.45) is 11.7 Å². The Morgan fingerprint density at radius 1 is 1.41 bits per heavy atom. The molecule has 0 saturated heterocycles. The second-order valence-electron chi connectivity index (χ2n) is 3.97. The van der Waals surface area contributed by atoms with Crippen molar-refractivity contribution in [2.45, 2.75) is 13.8 Å².